The van der Waals surface area contributed by atoms with Crippen molar-refractivity contribution >= 4 is 48.7 Å². The number of pyridine rings is 1. The third-order valence-corrected chi connectivity index (χ3v) is 7.43. The molecule has 0 saturated heterocycles. The van der Waals surface area contributed by atoms with Crippen molar-refractivity contribution < 1.29 is 17.9 Å². The predicted molar refractivity (Wildman–Crippen MR) is 127 cm³/mol. The molecule has 2 aromatic heterocycles. The van der Waals surface area contributed by atoms with Gasteiger partial charge in [0.2, 0.25) is 0 Å². The molecule has 1 amide bonds. The number of methoxy groups -OCH3 is 1. The fraction of sp³-hybridized carbons (Fsp3) is 0.130. The number of anilines is 2. The molecule has 2 aromatic carbocycles. The molecule has 0 aliphatic heterocycles. The molecule has 0 fully saturated rings. The van der Waals surface area contributed by atoms with E-state index in [1.807, 2.05) is 38.1 Å². The average molecular weight is 468 g/mol. The molecule has 0 aliphatic carbocycles. The lowest BCUT2D eigenvalue weighted by Crippen LogP contribution is -2.17. The Morgan fingerprint density at radius 2 is 1.81 bits per heavy atom. The van der Waals surface area contributed by atoms with E-state index >= 15 is 0 Å². The number of nitrogens with zero attached hydrogens (tertiary/aromatic N) is 1. The van der Waals surface area contributed by atoms with Gasteiger partial charge in [-0.2, -0.15) is 0 Å². The first-order valence-corrected chi connectivity index (χ1v) is 12.0. The highest BCUT2D eigenvalue weighted by atomic mass is 32.2. The molecule has 4 aromatic rings. The summed E-state index contributed by atoms with van der Waals surface area (Å²) >= 11 is 1.32. The Hall–Kier alpha value is -3.43. The van der Waals surface area contributed by atoms with Crippen molar-refractivity contribution in [3.05, 3.63) is 76.9 Å². The van der Waals surface area contributed by atoms with Gasteiger partial charge in [-0.25, -0.2) is 8.42 Å². The number of fused-ring (bicyclic) bond motifs is 1. The van der Waals surface area contributed by atoms with Gasteiger partial charge < -0.3 is 10.1 Å². The Labute approximate surface area is 190 Å². The summed E-state index contributed by atoms with van der Waals surface area (Å²) in [6.07, 6.45) is 3.37. The van der Waals surface area contributed by atoms with E-state index in [9.17, 15) is 13.2 Å². The number of carbonyl (C=O) groups excluding carboxylic acids is 1. The van der Waals surface area contributed by atoms with E-state index in [-0.39, 0.29) is 16.6 Å². The van der Waals surface area contributed by atoms with E-state index in [0.717, 1.165) is 21.2 Å². The zero-order valence-electron chi connectivity index (χ0n) is 17.7. The van der Waals surface area contributed by atoms with E-state index in [1.54, 1.807) is 24.5 Å². The number of aromatic nitrogens is 1. The molecule has 0 saturated carbocycles. The Balaban J connectivity index is 1.65. The van der Waals surface area contributed by atoms with E-state index in [1.165, 1.54) is 30.6 Å². The van der Waals surface area contributed by atoms with Crippen LogP contribution in [-0.4, -0.2) is 26.4 Å². The average Bonchev–Trinajstić information content (AvgIpc) is 3.21. The molecule has 0 bridgehead atoms. The molecule has 0 unspecified atom stereocenters. The van der Waals surface area contributed by atoms with Crippen LogP contribution in [0.5, 0.6) is 5.75 Å². The van der Waals surface area contributed by atoms with Crippen molar-refractivity contribution in [2.45, 2.75) is 18.7 Å². The van der Waals surface area contributed by atoms with Crippen molar-refractivity contribution in [2.24, 2.45) is 0 Å². The van der Waals surface area contributed by atoms with Crippen LogP contribution in [0, 0.1) is 13.8 Å². The van der Waals surface area contributed by atoms with Crippen LogP contribution in [-0.2, 0) is 10.0 Å². The lowest BCUT2D eigenvalue weighted by molar-refractivity contribution is 0.103. The van der Waals surface area contributed by atoms with E-state index in [4.69, 9.17) is 4.74 Å². The minimum absolute atomic E-state index is 0.0685. The van der Waals surface area contributed by atoms with Crippen LogP contribution >= 0.6 is 11.3 Å². The molecular formula is C23H21N3O4S2. The number of hydrogen-bond donors (Lipinski definition) is 2. The molecule has 4 rings (SSSR count). The Morgan fingerprint density at radius 1 is 1.06 bits per heavy atom. The second-order valence-corrected chi connectivity index (χ2v) is 9.95. The van der Waals surface area contributed by atoms with E-state index < -0.39 is 10.0 Å². The fourth-order valence-corrected chi connectivity index (χ4v) is 5.64. The van der Waals surface area contributed by atoms with Crippen LogP contribution in [0.4, 0.5) is 11.4 Å². The van der Waals surface area contributed by atoms with Gasteiger partial charge in [0.1, 0.15) is 10.6 Å². The van der Waals surface area contributed by atoms with Gasteiger partial charge >= 0.3 is 0 Å². The number of carbonyl (C=O) groups is 1. The third-order valence-electron chi connectivity index (χ3n) is 4.98. The van der Waals surface area contributed by atoms with E-state index in [2.05, 4.69) is 15.0 Å². The number of benzene rings is 2. The van der Waals surface area contributed by atoms with Crippen LogP contribution in [0.25, 0.3) is 10.1 Å². The van der Waals surface area contributed by atoms with Crippen LogP contribution in [0.1, 0.15) is 20.8 Å². The summed E-state index contributed by atoms with van der Waals surface area (Å²) in [5.74, 6) is -0.155. The lowest BCUT2D eigenvalue weighted by Gasteiger charge is -2.16. The molecule has 164 valence electrons. The number of ether oxygens (including phenoxy) is 1. The lowest BCUT2D eigenvalue weighted by atomic mass is 10.1. The zero-order chi connectivity index (χ0) is 22.9. The number of amides is 1. The monoisotopic (exact) mass is 467 g/mol. The number of aryl methyl sites for hydroxylation is 2. The molecule has 0 atom stereocenters. The topological polar surface area (TPSA) is 97.4 Å². The van der Waals surface area contributed by atoms with Crippen molar-refractivity contribution in [3.63, 3.8) is 0 Å². The SMILES string of the molecule is COc1ccc(NC(=O)c2cc3ccncc3s2)cc1S(=O)(=O)Nc1c(C)cccc1C. The van der Waals surface area contributed by atoms with Crippen molar-refractivity contribution in [3.8, 4) is 5.75 Å². The van der Waals surface area contributed by atoms with Crippen molar-refractivity contribution in [1.82, 2.24) is 4.98 Å². The number of rotatable bonds is 6. The number of nitrogens with one attached hydrogen (secondary N) is 2. The summed E-state index contributed by atoms with van der Waals surface area (Å²) in [5, 5.41) is 3.70. The van der Waals surface area contributed by atoms with Gasteiger partial charge in [-0.05, 0) is 60.7 Å². The first-order valence-electron chi connectivity index (χ1n) is 9.70. The molecule has 2 heterocycles. The first-order chi connectivity index (χ1) is 15.3. The first kappa shape index (κ1) is 21.8. The highest BCUT2D eigenvalue weighted by Crippen LogP contribution is 2.31. The number of hydrogen-bond acceptors (Lipinski definition) is 6. The van der Waals surface area contributed by atoms with E-state index in [0.29, 0.717) is 16.3 Å². The van der Waals surface area contributed by atoms with Gasteiger partial charge in [0.25, 0.3) is 15.9 Å². The minimum Gasteiger partial charge on any atom is -0.495 e. The molecule has 0 radical (unpaired) electrons. The molecule has 0 aliphatic rings. The van der Waals surface area contributed by atoms with Gasteiger partial charge in [0, 0.05) is 18.1 Å². The maximum Gasteiger partial charge on any atom is 0.265 e. The second-order valence-electron chi connectivity index (χ2n) is 7.22. The maximum absolute atomic E-state index is 13.2. The summed E-state index contributed by atoms with van der Waals surface area (Å²) in [6.45, 7) is 3.67. The highest BCUT2D eigenvalue weighted by molar-refractivity contribution is 7.92. The van der Waals surface area contributed by atoms with Crippen molar-refractivity contribution in [2.75, 3.05) is 17.1 Å². The van der Waals surface area contributed by atoms with Crippen molar-refractivity contribution in [1.29, 1.82) is 0 Å². The smallest absolute Gasteiger partial charge is 0.265 e. The van der Waals surface area contributed by atoms with Gasteiger partial charge in [-0.15, -0.1) is 11.3 Å². The molecule has 32 heavy (non-hydrogen) atoms. The molecule has 0 spiro atoms. The normalized spacial score (nSPS) is 11.3. The van der Waals surface area contributed by atoms with Crippen LogP contribution < -0.4 is 14.8 Å². The number of thiophene rings is 1. The van der Waals surface area contributed by atoms with Gasteiger partial charge in [0.15, 0.2) is 0 Å². The summed E-state index contributed by atoms with van der Waals surface area (Å²) in [5.41, 5.74) is 2.46. The zero-order valence-corrected chi connectivity index (χ0v) is 19.3. The quantitative estimate of drug-likeness (QED) is 0.417. The van der Waals surface area contributed by atoms with Crippen LogP contribution in [0.15, 0.2) is 65.8 Å². The molecule has 9 heteroatoms. The maximum atomic E-state index is 13.2. The summed E-state index contributed by atoms with van der Waals surface area (Å²) in [6, 6.07) is 13.7. The standard InChI is InChI=1S/C23H21N3O4S2/c1-14-5-4-6-15(2)22(14)26-32(28,29)21-12-17(7-8-18(21)30-3)25-23(27)19-11-16-9-10-24-13-20(16)31-19/h4-13,26H,1-3H3,(H,25,27). The second kappa shape index (κ2) is 8.60. The minimum atomic E-state index is -3.98. The predicted octanol–water partition coefficient (Wildman–Crippen LogP) is 4.97. The summed E-state index contributed by atoms with van der Waals surface area (Å²) in [7, 11) is -2.58. The van der Waals surface area contributed by atoms with Crippen LogP contribution in [0.3, 0.4) is 0 Å². The van der Waals surface area contributed by atoms with Gasteiger partial charge in [-0.3, -0.25) is 14.5 Å². The Bertz CT molecular complexity index is 1380. The molecule has 7 nitrogen and oxygen atoms in total. The molecule has 2 N–H and O–H groups in total. The molecular weight excluding hydrogens is 446 g/mol. The highest BCUT2D eigenvalue weighted by Gasteiger charge is 2.22. The summed E-state index contributed by atoms with van der Waals surface area (Å²) in [4.78, 5) is 17.3. The number of para-hydroxylation sites is 1. The third kappa shape index (κ3) is 4.30. The Kier molecular flexibility index (Phi) is 5.86. The number of sulfonamides is 1. The van der Waals surface area contributed by atoms with Gasteiger partial charge in [-0.1, -0.05) is 18.2 Å². The summed E-state index contributed by atoms with van der Waals surface area (Å²) < 4.78 is 35.2. The fourth-order valence-electron chi connectivity index (χ4n) is 3.32. The van der Waals surface area contributed by atoms with Gasteiger partial charge in [0.05, 0.1) is 22.4 Å². The van der Waals surface area contributed by atoms with Crippen LogP contribution in [0.2, 0.25) is 0 Å². The largest absolute Gasteiger partial charge is 0.495 e. The Morgan fingerprint density at radius 3 is 2.50 bits per heavy atom.